The van der Waals surface area contributed by atoms with Crippen LogP contribution in [0.4, 0.5) is 0 Å². The quantitative estimate of drug-likeness (QED) is 0.885. The van der Waals surface area contributed by atoms with Crippen molar-refractivity contribution < 1.29 is 9.47 Å². The van der Waals surface area contributed by atoms with E-state index in [1.54, 1.807) is 14.2 Å². The highest BCUT2D eigenvalue weighted by molar-refractivity contribution is 5.85. The zero-order chi connectivity index (χ0) is 15.5. The normalized spacial score (nSPS) is 16.7. The van der Waals surface area contributed by atoms with E-state index in [1.165, 1.54) is 5.56 Å². The Morgan fingerprint density at radius 2 is 1.65 bits per heavy atom. The van der Waals surface area contributed by atoms with E-state index in [-0.39, 0.29) is 30.2 Å². The van der Waals surface area contributed by atoms with Crippen LogP contribution in [0.5, 0.6) is 11.5 Å². The second kappa shape index (κ2) is 9.58. The van der Waals surface area contributed by atoms with Crippen molar-refractivity contribution in [3.8, 4) is 11.5 Å². The molecular formula is C17H30Cl2N2O2. The Bertz CT molecular complexity index is 472. The van der Waals surface area contributed by atoms with Gasteiger partial charge in [-0.25, -0.2) is 0 Å². The summed E-state index contributed by atoms with van der Waals surface area (Å²) in [5.41, 5.74) is 1.34. The van der Waals surface area contributed by atoms with Gasteiger partial charge in [-0.15, -0.1) is 24.8 Å². The number of hydrogen-bond donors (Lipinski definition) is 1. The van der Waals surface area contributed by atoms with Gasteiger partial charge in [0, 0.05) is 37.8 Å². The lowest BCUT2D eigenvalue weighted by molar-refractivity contribution is 0.0838. The highest BCUT2D eigenvalue weighted by Crippen LogP contribution is 2.44. The molecule has 0 amide bonds. The van der Waals surface area contributed by atoms with Crippen LogP contribution in [0.3, 0.4) is 0 Å². The van der Waals surface area contributed by atoms with Crippen LogP contribution < -0.4 is 14.8 Å². The van der Waals surface area contributed by atoms with Crippen LogP contribution in [0.15, 0.2) is 18.2 Å². The first kappa shape index (κ1) is 22.3. The molecule has 0 unspecified atom stereocenters. The number of methoxy groups -OCH3 is 2. The van der Waals surface area contributed by atoms with E-state index >= 15 is 0 Å². The molecule has 4 nitrogen and oxygen atoms in total. The lowest BCUT2D eigenvalue weighted by Crippen LogP contribution is -2.48. The van der Waals surface area contributed by atoms with Gasteiger partial charge in [0.2, 0.25) is 0 Å². The van der Waals surface area contributed by atoms with Gasteiger partial charge >= 0.3 is 0 Å². The summed E-state index contributed by atoms with van der Waals surface area (Å²) >= 11 is 0. The summed E-state index contributed by atoms with van der Waals surface area (Å²) in [7, 11) is 3.41. The van der Waals surface area contributed by atoms with Crippen molar-refractivity contribution in [3.63, 3.8) is 0 Å². The summed E-state index contributed by atoms with van der Waals surface area (Å²) < 4.78 is 11.1. The van der Waals surface area contributed by atoms with Crippen molar-refractivity contribution >= 4 is 24.8 Å². The minimum absolute atomic E-state index is 0. The standard InChI is InChI=1S/C17H28N2O2.2ClH/c1-17(2,3)16(19-11-9-18-10-12-19)13-7-6-8-14(20-4)15(13)21-5;;/h6-8,16,18H,9-12H2,1-5H3;2*1H/t16-;;/m1../s1. The Hall–Kier alpha value is -0.680. The molecule has 1 heterocycles. The molecule has 1 aromatic rings. The molecule has 1 saturated heterocycles. The van der Waals surface area contributed by atoms with Crippen molar-refractivity contribution in [2.75, 3.05) is 40.4 Å². The van der Waals surface area contributed by atoms with Crippen LogP contribution in [0.1, 0.15) is 32.4 Å². The van der Waals surface area contributed by atoms with Gasteiger partial charge in [0.1, 0.15) is 0 Å². The predicted molar refractivity (Wildman–Crippen MR) is 101 cm³/mol. The number of para-hydroxylation sites is 1. The van der Waals surface area contributed by atoms with Gasteiger partial charge in [-0.3, -0.25) is 4.90 Å². The molecule has 0 aromatic heterocycles. The number of nitrogens with one attached hydrogen (secondary N) is 1. The first-order valence-electron chi connectivity index (χ1n) is 7.64. The predicted octanol–water partition coefficient (Wildman–Crippen LogP) is 3.54. The number of ether oxygens (including phenoxy) is 2. The molecule has 0 radical (unpaired) electrons. The van der Waals surface area contributed by atoms with E-state index in [0.29, 0.717) is 6.04 Å². The molecule has 134 valence electrons. The van der Waals surface area contributed by atoms with Crippen LogP contribution in [-0.2, 0) is 0 Å². The van der Waals surface area contributed by atoms with E-state index in [4.69, 9.17) is 9.47 Å². The molecule has 6 heteroatoms. The molecule has 0 saturated carbocycles. The minimum Gasteiger partial charge on any atom is -0.493 e. The molecule has 1 atom stereocenters. The number of rotatable bonds is 4. The molecule has 0 spiro atoms. The van der Waals surface area contributed by atoms with Gasteiger partial charge in [0.15, 0.2) is 11.5 Å². The van der Waals surface area contributed by atoms with Gasteiger partial charge in [-0.1, -0.05) is 32.9 Å². The zero-order valence-electron chi connectivity index (χ0n) is 14.7. The van der Waals surface area contributed by atoms with E-state index in [9.17, 15) is 0 Å². The Balaban J connectivity index is 0.00000242. The zero-order valence-corrected chi connectivity index (χ0v) is 16.4. The summed E-state index contributed by atoms with van der Waals surface area (Å²) in [6.07, 6.45) is 0. The second-order valence-electron chi connectivity index (χ2n) is 6.64. The van der Waals surface area contributed by atoms with Crippen LogP contribution in [0.25, 0.3) is 0 Å². The van der Waals surface area contributed by atoms with E-state index in [2.05, 4.69) is 43.1 Å². The Kier molecular flexibility index (Phi) is 9.29. The Morgan fingerprint density at radius 1 is 1.04 bits per heavy atom. The van der Waals surface area contributed by atoms with Gasteiger partial charge in [-0.05, 0) is 11.5 Å². The van der Waals surface area contributed by atoms with Crippen LogP contribution in [0, 0.1) is 5.41 Å². The monoisotopic (exact) mass is 364 g/mol. The van der Waals surface area contributed by atoms with Crippen molar-refractivity contribution in [2.45, 2.75) is 26.8 Å². The highest BCUT2D eigenvalue weighted by atomic mass is 35.5. The number of piperazine rings is 1. The van der Waals surface area contributed by atoms with Gasteiger partial charge in [-0.2, -0.15) is 0 Å². The molecular weight excluding hydrogens is 335 g/mol. The third-order valence-corrected chi connectivity index (χ3v) is 4.07. The van der Waals surface area contributed by atoms with Crippen LogP contribution in [0.2, 0.25) is 0 Å². The fraction of sp³-hybridized carbons (Fsp3) is 0.647. The molecule has 1 aromatic carbocycles. The van der Waals surface area contributed by atoms with Crippen molar-refractivity contribution in [2.24, 2.45) is 5.41 Å². The maximum Gasteiger partial charge on any atom is 0.165 e. The molecule has 2 rings (SSSR count). The first-order valence-corrected chi connectivity index (χ1v) is 7.64. The van der Waals surface area contributed by atoms with Crippen LogP contribution >= 0.6 is 24.8 Å². The van der Waals surface area contributed by atoms with Crippen molar-refractivity contribution in [3.05, 3.63) is 23.8 Å². The summed E-state index contributed by atoms with van der Waals surface area (Å²) in [6.45, 7) is 11.1. The van der Waals surface area contributed by atoms with Crippen LogP contribution in [-0.4, -0.2) is 45.3 Å². The van der Waals surface area contributed by atoms with Crippen molar-refractivity contribution in [1.29, 1.82) is 0 Å². The lowest BCUT2D eigenvalue weighted by Gasteiger charge is -2.43. The first-order chi connectivity index (χ1) is 9.99. The molecule has 0 bridgehead atoms. The van der Waals surface area contributed by atoms with Gasteiger partial charge < -0.3 is 14.8 Å². The second-order valence-corrected chi connectivity index (χ2v) is 6.64. The minimum atomic E-state index is 0. The van der Waals surface area contributed by atoms with E-state index < -0.39 is 0 Å². The Labute approximate surface area is 152 Å². The number of halogens is 2. The molecule has 1 aliphatic heterocycles. The highest BCUT2D eigenvalue weighted by Gasteiger charge is 2.35. The number of benzene rings is 1. The maximum atomic E-state index is 5.67. The van der Waals surface area contributed by atoms with Gasteiger partial charge in [0.25, 0.3) is 0 Å². The van der Waals surface area contributed by atoms with E-state index in [0.717, 1.165) is 37.7 Å². The molecule has 1 aliphatic rings. The average Bonchev–Trinajstić information content (AvgIpc) is 2.46. The summed E-state index contributed by atoms with van der Waals surface area (Å²) in [4.78, 5) is 2.55. The van der Waals surface area contributed by atoms with E-state index in [1.807, 2.05) is 6.07 Å². The van der Waals surface area contributed by atoms with Crippen molar-refractivity contribution in [1.82, 2.24) is 10.2 Å². The Morgan fingerprint density at radius 3 is 2.13 bits per heavy atom. The average molecular weight is 365 g/mol. The number of hydrogen-bond acceptors (Lipinski definition) is 4. The fourth-order valence-corrected chi connectivity index (χ4v) is 3.28. The topological polar surface area (TPSA) is 33.7 Å². The fourth-order valence-electron chi connectivity index (χ4n) is 3.28. The SMILES string of the molecule is COc1cccc([C@@H](N2CCNCC2)C(C)(C)C)c1OC.Cl.Cl. The molecule has 0 aliphatic carbocycles. The lowest BCUT2D eigenvalue weighted by atomic mass is 9.80. The smallest absolute Gasteiger partial charge is 0.165 e. The number of nitrogens with zero attached hydrogens (tertiary/aromatic N) is 1. The summed E-state index contributed by atoms with van der Waals surface area (Å²) in [5.74, 6) is 1.66. The summed E-state index contributed by atoms with van der Waals surface area (Å²) in [6, 6.07) is 6.49. The maximum absolute atomic E-state index is 5.67. The molecule has 1 fully saturated rings. The third-order valence-electron chi connectivity index (χ3n) is 4.07. The molecule has 23 heavy (non-hydrogen) atoms. The van der Waals surface area contributed by atoms with Gasteiger partial charge in [0.05, 0.1) is 14.2 Å². The third kappa shape index (κ3) is 5.15. The summed E-state index contributed by atoms with van der Waals surface area (Å²) in [5, 5.41) is 3.43. The molecule has 1 N–H and O–H groups in total. The largest absolute Gasteiger partial charge is 0.493 e.